The zero-order chi connectivity index (χ0) is 15.4. The molecule has 0 atom stereocenters. The maximum absolute atomic E-state index is 11.9. The standard InChI is InChI=1S/C15H30N2O2Si/c1-5-8-10-12-14(18)16-20(4,7-3)17-15(19)13-11-9-6-2/h7H,3,5-6,8-13H2,1-2,4H3,(H,16,18)(H,17,19). The maximum atomic E-state index is 11.9. The third-order valence-electron chi connectivity index (χ3n) is 3.22. The van der Waals surface area contributed by atoms with Gasteiger partial charge in [0.15, 0.2) is 0 Å². The van der Waals surface area contributed by atoms with E-state index in [9.17, 15) is 9.59 Å². The van der Waals surface area contributed by atoms with Crippen molar-refractivity contribution in [2.75, 3.05) is 0 Å². The molecule has 0 aliphatic rings. The lowest BCUT2D eigenvalue weighted by atomic mass is 10.2. The molecule has 0 aromatic heterocycles. The number of unbranched alkanes of at least 4 members (excludes halogenated alkanes) is 4. The first kappa shape index (κ1) is 18.9. The van der Waals surface area contributed by atoms with Gasteiger partial charge in [-0.05, 0) is 19.4 Å². The molecule has 0 aliphatic carbocycles. The highest BCUT2D eigenvalue weighted by molar-refractivity contribution is 6.82. The molecule has 0 aromatic carbocycles. The van der Waals surface area contributed by atoms with Crippen LogP contribution in [0.15, 0.2) is 12.3 Å². The Kier molecular flexibility index (Phi) is 10.1. The molecule has 2 N–H and O–H groups in total. The molecule has 0 bridgehead atoms. The molecular weight excluding hydrogens is 268 g/mol. The van der Waals surface area contributed by atoms with Crippen molar-refractivity contribution in [3.63, 3.8) is 0 Å². The number of rotatable bonds is 11. The average Bonchev–Trinajstić information content (AvgIpc) is 2.39. The van der Waals surface area contributed by atoms with E-state index in [0.717, 1.165) is 38.5 Å². The molecular formula is C15H30N2O2Si. The summed E-state index contributed by atoms with van der Waals surface area (Å²) in [6.07, 6.45) is 7.15. The van der Waals surface area contributed by atoms with Gasteiger partial charge in [-0.25, -0.2) is 0 Å². The predicted molar refractivity (Wildman–Crippen MR) is 86.4 cm³/mol. The van der Waals surface area contributed by atoms with Gasteiger partial charge in [-0.1, -0.05) is 45.2 Å². The number of hydrogen-bond acceptors (Lipinski definition) is 2. The fourth-order valence-corrected chi connectivity index (χ4v) is 3.58. The quantitative estimate of drug-likeness (QED) is 0.455. The Balaban J connectivity index is 4.20. The van der Waals surface area contributed by atoms with E-state index in [4.69, 9.17) is 0 Å². The number of nitrogens with one attached hydrogen (secondary N) is 2. The van der Waals surface area contributed by atoms with Crippen LogP contribution < -0.4 is 9.96 Å². The highest BCUT2D eigenvalue weighted by atomic mass is 28.3. The van der Waals surface area contributed by atoms with Crippen LogP contribution in [0.1, 0.15) is 65.2 Å². The fourth-order valence-electron chi connectivity index (χ4n) is 1.91. The SMILES string of the molecule is C=C[Si](C)(NC(=O)CCCCC)NC(=O)CCCCC. The van der Waals surface area contributed by atoms with Crippen LogP contribution in [-0.2, 0) is 9.59 Å². The summed E-state index contributed by atoms with van der Waals surface area (Å²) in [7, 11) is -2.41. The lowest BCUT2D eigenvalue weighted by Crippen LogP contribution is -2.62. The van der Waals surface area contributed by atoms with Crippen molar-refractivity contribution in [3.8, 4) is 0 Å². The van der Waals surface area contributed by atoms with E-state index in [0.29, 0.717) is 12.8 Å². The zero-order valence-corrected chi connectivity index (χ0v) is 14.3. The van der Waals surface area contributed by atoms with Crippen molar-refractivity contribution in [2.45, 2.75) is 71.8 Å². The first-order valence-electron chi connectivity index (χ1n) is 7.73. The molecule has 5 heteroatoms. The highest BCUT2D eigenvalue weighted by Crippen LogP contribution is 2.03. The van der Waals surface area contributed by atoms with E-state index >= 15 is 0 Å². The molecule has 0 radical (unpaired) electrons. The zero-order valence-electron chi connectivity index (χ0n) is 13.3. The van der Waals surface area contributed by atoms with Crippen LogP contribution in [0.2, 0.25) is 6.55 Å². The minimum atomic E-state index is -2.41. The van der Waals surface area contributed by atoms with Gasteiger partial charge < -0.3 is 9.96 Å². The smallest absolute Gasteiger partial charge is 0.285 e. The summed E-state index contributed by atoms with van der Waals surface area (Å²) in [6, 6.07) is 0. The Morgan fingerprint density at radius 3 is 1.65 bits per heavy atom. The van der Waals surface area contributed by atoms with Gasteiger partial charge in [-0.3, -0.25) is 9.59 Å². The van der Waals surface area contributed by atoms with E-state index in [1.807, 2.05) is 6.55 Å². The Morgan fingerprint density at radius 1 is 0.950 bits per heavy atom. The summed E-state index contributed by atoms with van der Waals surface area (Å²) >= 11 is 0. The van der Waals surface area contributed by atoms with Crippen molar-refractivity contribution in [2.24, 2.45) is 0 Å². The Labute approximate surface area is 124 Å². The van der Waals surface area contributed by atoms with E-state index in [1.54, 1.807) is 5.70 Å². The van der Waals surface area contributed by atoms with Crippen LogP contribution >= 0.6 is 0 Å². The van der Waals surface area contributed by atoms with Crippen molar-refractivity contribution in [3.05, 3.63) is 12.3 Å². The van der Waals surface area contributed by atoms with Gasteiger partial charge in [0.1, 0.15) is 0 Å². The molecule has 0 heterocycles. The number of carbonyl (C=O) groups excluding carboxylic acids is 2. The van der Waals surface area contributed by atoms with Gasteiger partial charge in [-0.15, -0.1) is 6.58 Å². The largest absolute Gasteiger partial charge is 0.362 e. The lowest BCUT2D eigenvalue weighted by Gasteiger charge is -2.25. The highest BCUT2D eigenvalue weighted by Gasteiger charge is 2.28. The second-order valence-corrected chi connectivity index (χ2v) is 8.73. The monoisotopic (exact) mass is 298 g/mol. The Morgan fingerprint density at radius 2 is 1.35 bits per heavy atom. The van der Waals surface area contributed by atoms with Crippen LogP contribution in [0.5, 0.6) is 0 Å². The summed E-state index contributed by atoms with van der Waals surface area (Å²) in [5.74, 6) is 0.0303. The summed E-state index contributed by atoms with van der Waals surface area (Å²) in [6.45, 7) is 9.88. The first-order chi connectivity index (χ1) is 9.47. The molecule has 0 aliphatic heterocycles. The summed E-state index contributed by atoms with van der Waals surface area (Å²) in [5.41, 5.74) is 1.71. The normalized spacial score (nSPS) is 10.9. The third kappa shape index (κ3) is 8.91. The van der Waals surface area contributed by atoms with Crippen LogP contribution in [-0.4, -0.2) is 20.2 Å². The van der Waals surface area contributed by atoms with E-state index in [2.05, 4.69) is 30.4 Å². The molecule has 0 saturated heterocycles. The van der Waals surface area contributed by atoms with Gasteiger partial charge in [0.2, 0.25) is 11.8 Å². The second-order valence-electron chi connectivity index (χ2n) is 5.42. The summed E-state index contributed by atoms with van der Waals surface area (Å²) in [4.78, 5) is 29.7. The first-order valence-corrected chi connectivity index (χ1v) is 10.3. The van der Waals surface area contributed by atoms with Crippen molar-refractivity contribution >= 4 is 20.2 Å². The van der Waals surface area contributed by atoms with Gasteiger partial charge >= 0.3 is 0 Å². The van der Waals surface area contributed by atoms with Crippen LogP contribution in [0.4, 0.5) is 0 Å². The number of amides is 2. The van der Waals surface area contributed by atoms with Gasteiger partial charge in [0.25, 0.3) is 8.40 Å². The molecule has 2 amide bonds. The predicted octanol–water partition coefficient (Wildman–Crippen LogP) is 3.18. The Bertz CT molecular complexity index is 295. The van der Waals surface area contributed by atoms with Crippen LogP contribution in [0, 0.1) is 0 Å². The summed E-state index contributed by atoms with van der Waals surface area (Å²) in [5, 5.41) is 0. The maximum Gasteiger partial charge on any atom is 0.285 e. The molecule has 0 rings (SSSR count). The third-order valence-corrected chi connectivity index (χ3v) is 5.63. The molecule has 0 fully saturated rings. The molecule has 0 unspecified atom stereocenters. The summed E-state index contributed by atoms with van der Waals surface area (Å²) < 4.78 is 0. The van der Waals surface area contributed by atoms with E-state index < -0.39 is 8.40 Å². The van der Waals surface area contributed by atoms with Gasteiger partial charge in [0.05, 0.1) is 0 Å². The van der Waals surface area contributed by atoms with Gasteiger partial charge in [0, 0.05) is 12.8 Å². The van der Waals surface area contributed by atoms with Crippen molar-refractivity contribution in [1.82, 2.24) is 9.96 Å². The fraction of sp³-hybridized carbons (Fsp3) is 0.733. The lowest BCUT2D eigenvalue weighted by molar-refractivity contribution is -0.120. The van der Waals surface area contributed by atoms with Crippen molar-refractivity contribution in [1.29, 1.82) is 0 Å². The molecule has 0 saturated carbocycles. The van der Waals surface area contributed by atoms with Crippen molar-refractivity contribution < 1.29 is 9.59 Å². The molecule has 0 spiro atoms. The van der Waals surface area contributed by atoms with Crippen LogP contribution in [0.25, 0.3) is 0 Å². The average molecular weight is 299 g/mol. The minimum absolute atomic E-state index is 0.0152. The number of hydrogen-bond donors (Lipinski definition) is 2. The molecule has 4 nitrogen and oxygen atoms in total. The van der Waals surface area contributed by atoms with E-state index in [1.165, 1.54) is 0 Å². The van der Waals surface area contributed by atoms with E-state index in [-0.39, 0.29) is 11.8 Å². The Hall–Kier alpha value is -1.10. The van der Waals surface area contributed by atoms with Gasteiger partial charge in [-0.2, -0.15) is 0 Å². The molecule has 0 aromatic rings. The molecule has 116 valence electrons. The second kappa shape index (κ2) is 10.7. The topological polar surface area (TPSA) is 58.2 Å². The van der Waals surface area contributed by atoms with Crippen LogP contribution in [0.3, 0.4) is 0 Å². The number of carbonyl (C=O) groups is 2. The molecule has 20 heavy (non-hydrogen) atoms. The minimum Gasteiger partial charge on any atom is -0.362 e.